The molecule has 0 saturated heterocycles. The molecule has 0 aliphatic carbocycles. The Morgan fingerprint density at radius 3 is 2.71 bits per heavy atom. The van der Waals surface area contributed by atoms with E-state index in [0.717, 1.165) is 17.9 Å². The first kappa shape index (κ1) is 9.28. The number of furan rings is 1. The first-order valence-corrected chi connectivity index (χ1v) is 4.79. The third-order valence-corrected chi connectivity index (χ3v) is 2.30. The zero-order chi connectivity index (χ0) is 10.1. The SMILES string of the molecule is Cc1cccc2oc(CN(C)C)cc12. The van der Waals surface area contributed by atoms with Gasteiger partial charge in [0.05, 0.1) is 6.54 Å². The number of hydrogen-bond acceptors (Lipinski definition) is 2. The number of aryl methyl sites for hydroxylation is 1. The summed E-state index contributed by atoms with van der Waals surface area (Å²) in [5, 5.41) is 1.23. The maximum Gasteiger partial charge on any atom is 0.134 e. The molecule has 0 unspecified atom stereocenters. The predicted molar refractivity (Wildman–Crippen MR) is 58.3 cm³/mol. The number of hydrogen-bond donors (Lipinski definition) is 0. The molecule has 74 valence electrons. The standard InChI is InChI=1S/C12H15NO/c1-9-5-4-6-12-11(9)7-10(14-12)8-13(2)3/h4-7H,8H2,1-3H3. The Kier molecular flexibility index (Phi) is 2.30. The van der Waals surface area contributed by atoms with Crippen molar-refractivity contribution in [3.05, 3.63) is 35.6 Å². The molecule has 2 rings (SSSR count). The lowest BCUT2D eigenvalue weighted by atomic mass is 10.1. The van der Waals surface area contributed by atoms with E-state index in [2.05, 4.69) is 24.0 Å². The quantitative estimate of drug-likeness (QED) is 0.722. The highest BCUT2D eigenvalue weighted by molar-refractivity contribution is 5.81. The Morgan fingerprint density at radius 2 is 2.07 bits per heavy atom. The van der Waals surface area contributed by atoms with Gasteiger partial charge in [-0.2, -0.15) is 0 Å². The summed E-state index contributed by atoms with van der Waals surface area (Å²) >= 11 is 0. The average Bonchev–Trinajstić information content (AvgIpc) is 2.47. The van der Waals surface area contributed by atoms with Gasteiger partial charge in [-0.15, -0.1) is 0 Å². The summed E-state index contributed by atoms with van der Waals surface area (Å²) in [7, 11) is 4.08. The third kappa shape index (κ3) is 1.66. The smallest absolute Gasteiger partial charge is 0.134 e. The van der Waals surface area contributed by atoms with Crippen LogP contribution in [0.25, 0.3) is 11.0 Å². The molecule has 0 amide bonds. The van der Waals surface area contributed by atoms with Crippen LogP contribution in [-0.4, -0.2) is 19.0 Å². The van der Waals surface area contributed by atoms with Crippen molar-refractivity contribution in [2.24, 2.45) is 0 Å². The summed E-state index contributed by atoms with van der Waals surface area (Å²) < 4.78 is 5.72. The molecule has 0 radical (unpaired) electrons. The Morgan fingerprint density at radius 1 is 1.29 bits per heavy atom. The van der Waals surface area contributed by atoms with E-state index in [-0.39, 0.29) is 0 Å². The number of nitrogens with zero attached hydrogens (tertiary/aromatic N) is 1. The molecule has 2 aromatic rings. The minimum Gasteiger partial charge on any atom is -0.460 e. The van der Waals surface area contributed by atoms with E-state index in [0.29, 0.717) is 0 Å². The molecule has 2 nitrogen and oxygen atoms in total. The van der Waals surface area contributed by atoms with Crippen molar-refractivity contribution in [3.63, 3.8) is 0 Å². The second-order valence-corrected chi connectivity index (χ2v) is 3.94. The van der Waals surface area contributed by atoms with Gasteiger partial charge in [0, 0.05) is 5.39 Å². The lowest BCUT2D eigenvalue weighted by Crippen LogP contribution is -2.09. The summed E-state index contributed by atoms with van der Waals surface area (Å²) in [6.07, 6.45) is 0. The molecule has 14 heavy (non-hydrogen) atoms. The monoisotopic (exact) mass is 189 g/mol. The number of fused-ring (bicyclic) bond motifs is 1. The van der Waals surface area contributed by atoms with E-state index < -0.39 is 0 Å². The van der Waals surface area contributed by atoms with Gasteiger partial charge in [0.15, 0.2) is 0 Å². The third-order valence-electron chi connectivity index (χ3n) is 2.30. The van der Waals surface area contributed by atoms with Gasteiger partial charge >= 0.3 is 0 Å². The van der Waals surface area contributed by atoms with Crippen molar-refractivity contribution in [2.75, 3.05) is 14.1 Å². The fraction of sp³-hybridized carbons (Fsp3) is 0.333. The summed E-state index contributed by atoms with van der Waals surface area (Å²) in [4.78, 5) is 2.10. The molecule has 0 N–H and O–H groups in total. The highest BCUT2D eigenvalue weighted by atomic mass is 16.3. The molecule has 0 bridgehead atoms. The van der Waals surface area contributed by atoms with Crippen molar-refractivity contribution >= 4 is 11.0 Å². The zero-order valence-corrected chi connectivity index (χ0v) is 8.87. The maximum atomic E-state index is 5.72. The molecule has 2 heteroatoms. The van der Waals surface area contributed by atoms with Gasteiger partial charge in [0.2, 0.25) is 0 Å². The van der Waals surface area contributed by atoms with Crippen LogP contribution in [0.4, 0.5) is 0 Å². The van der Waals surface area contributed by atoms with Gasteiger partial charge in [-0.25, -0.2) is 0 Å². The topological polar surface area (TPSA) is 16.4 Å². The van der Waals surface area contributed by atoms with Gasteiger partial charge < -0.3 is 9.32 Å². The lowest BCUT2D eigenvalue weighted by Gasteiger charge is -2.04. The van der Waals surface area contributed by atoms with E-state index in [4.69, 9.17) is 4.42 Å². The molecule has 0 aliphatic rings. The van der Waals surface area contributed by atoms with Crippen molar-refractivity contribution in [3.8, 4) is 0 Å². The minimum absolute atomic E-state index is 0.855. The molecule has 1 heterocycles. The second-order valence-electron chi connectivity index (χ2n) is 3.94. The summed E-state index contributed by atoms with van der Waals surface area (Å²) in [5.74, 6) is 1.03. The van der Waals surface area contributed by atoms with Crippen LogP contribution in [0.5, 0.6) is 0 Å². The van der Waals surface area contributed by atoms with Gasteiger partial charge in [-0.05, 0) is 38.7 Å². The Labute approximate surface area is 84.1 Å². The van der Waals surface area contributed by atoms with Crippen LogP contribution < -0.4 is 0 Å². The van der Waals surface area contributed by atoms with Crippen LogP contribution in [0.2, 0.25) is 0 Å². The van der Waals surface area contributed by atoms with Crippen LogP contribution in [0.1, 0.15) is 11.3 Å². The molecule has 0 atom stereocenters. The van der Waals surface area contributed by atoms with Crippen molar-refractivity contribution in [1.29, 1.82) is 0 Å². The highest BCUT2D eigenvalue weighted by Crippen LogP contribution is 2.22. The van der Waals surface area contributed by atoms with E-state index in [1.165, 1.54) is 10.9 Å². The van der Waals surface area contributed by atoms with Gasteiger partial charge in [0.25, 0.3) is 0 Å². The summed E-state index contributed by atoms with van der Waals surface area (Å²) in [6, 6.07) is 8.28. The van der Waals surface area contributed by atoms with Crippen LogP contribution in [0.15, 0.2) is 28.7 Å². The Balaban J connectivity index is 2.46. The van der Waals surface area contributed by atoms with E-state index in [1.54, 1.807) is 0 Å². The van der Waals surface area contributed by atoms with Crippen LogP contribution in [-0.2, 0) is 6.54 Å². The summed E-state index contributed by atoms with van der Waals surface area (Å²) in [6.45, 7) is 2.96. The molecule has 0 fully saturated rings. The van der Waals surface area contributed by atoms with Crippen molar-refractivity contribution < 1.29 is 4.42 Å². The van der Waals surface area contributed by atoms with Crippen LogP contribution in [0.3, 0.4) is 0 Å². The first-order valence-electron chi connectivity index (χ1n) is 4.79. The van der Waals surface area contributed by atoms with Crippen LogP contribution >= 0.6 is 0 Å². The van der Waals surface area contributed by atoms with Gasteiger partial charge in [0.1, 0.15) is 11.3 Å². The second kappa shape index (κ2) is 3.46. The molecule has 0 aliphatic heterocycles. The Bertz CT molecular complexity index is 443. The fourth-order valence-corrected chi connectivity index (χ4v) is 1.65. The van der Waals surface area contributed by atoms with Gasteiger partial charge in [-0.1, -0.05) is 12.1 Å². The molecular formula is C12H15NO. The lowest BCUT2D eigenvalue weighted by molar-refractivity contribution is 0.358. The zero-order valence-electron chi connectivity index (χ0n) is 8.87. The maximum absolute atomic E-state index is 5.72. The first-order chi connectivity index (χ1) is 6.66. The number of benzene rings is 1. The van der Waals surface area contributed by atoms with E-state index >= 15 is 0 Å². The predicted octanol–water partition coefficient (Wildman–Crippen LogP) is 2.80. The summed E-state index contributed by atoms with van der Waals surface area (Å²) in [5.41, 5.74) is 2.26. The molecule has 0 saturated carbocycles. The van der Waals surface area contributed by atoms with Gasteiger partial charge in [-0.3, -0.25) is 0 Å². The van der Waals surface area contributed by atoms with Crippen molar-refractivity contribution in [2.45, 2.75) is 13.5 Å². The molecular weight excluding hydrogens is 174 g/mol. The molecule has 1 aromatic carbocycles. The molecule has 0 spiro atoms. The van der Waals surface area contributed by atoms with E-state index in [9.17, 15) is 0 Å². The highest BCUT2D eigenvalue weighted by Gasteiger charge is 2.05. The number of rotatable bonds is 2. The Hall–Kier alpha value is -1.28. The molecule has 1 aromatic heterocycles. The largest absolute Gasteiger partial charge is 0.460 e. The average molecular weight is 189 g/mol. The minimum atomic E-state index is 0.855. The van der Waals surface area contributed by atoms with Crippen molar-refractivity contribution in [1.82, 2.24) is 4.90 Å². The van der Waals surface area contributed by atoms with E-state index in [1.807, 2.05) is 26.2 Å². The fourth-order valence-electron chi connectivity index (χ4n) is 1.65. The normalized spacial score (nSPS) is 11.4. The van der Waals surface area contributed by atoms with Crippen LogP contribution in [0, 0.1) is 6.92 Å².